The number of carbonyl (C=O) groups excluding carboxylic acids is 2. The lowest BCUT2D eigenvalue weighted by atomic mass is 10.2. The van der Waals surface area contributed by atoms with Crippen molar-refractivity contribution in [3.8, 4) is 0 Å². The van der Waals surface area contributed by atoms with E-state index in [1.165, 1.54) is 6.08 Å². The molecule has 0 aromatic heterocycles. The number of hydrogen-bond acceptors (Lipinski definition) is 3. The lowest BCUT2D eigenvalue weighted by Gasteiger charge is -2.09. The summed E-state index contributed by atoms with van der Waals surface area (Å²) in [5, 5.41) is 5.45. The second-order valence-electron chi connectivity index (χ2n) is 4.41. The van der Waals surface area contributed by atoms with Crippen molar-refractivity contribution in [3.05, 3.63) is 40.4 Å². The van der Waals surface area contributed by atoms with E-state index in [4.69, 9.17) is 4.74 Å². The maximum Gasteiger partial charge on any atom is 0.243 e. The Morgan fingerprint density at radius 2 is 2.14 bits per heavy atom. The van der Waals surface area contributed by atoms with Crippen molar-refractivity contribution in [1.29, 1.82) is 0 Å². The van der Waals surface area contributed by atoms with Gasteiger partial charge in [-0.1, -0.05) is 28.1 Å². The van der Waals surface area contributed by atoms with Gasteiger partial charge >= 0.3 is 0 Å². The van der Waals surface area contributed by atoms with Gasteiger partial charge in [0.15, 0.2) is 0 Å². The number of anilines is 1. The molecule has 114 valence electrons. The molecule has 2 amide bonds. The van der Waals surface area contributed by atoms with Crippen LogP contribution in [-0.4, -0.2) is 32.1 Å². The molecule has 2 N–H and O–H groups in total. The van der Waals surface area contributed by atoms with Gasteiger partial charge in [-0.2, -0.15) is 0 Å². The van der Waals surface area contributed by atoms with Crippen molar-refractivity contribution in [1.82, 2.24) is 5.32 Å². The highest BCUT2D eigenvalue weighted by Gasteiger charge is 2.05. The van der Waals surface area contributed by atoms with Gasteiger partial charge in [0.1, 0.15) is 0 Å². The molecule has 0 atom stereocenters. The van der Waals surface area contributed by atoms with E-state index in [1.54, 1.807) is 13.2 Å². The first-order valence-corrected chi connectivity index (χ1v) is 7.31. The third kappa shape index (κ3) is 7.06. The van der Waals surface area contributed by atoms with Crippen molar-refractivity contribution in [2.45, 2.75) is 13.3 Å². The summed E-state index contributed by atoms with van der Waals surface area (Å²) in [6, 6.07) is 5.68. The number of nitrogens with one attached hydrogen (secondary N) is 2. The molecule has 1 aromatic rings. The van der Waals surface area contributed by atoms with E-state index in [1.807, 2.05) is 25.1 Å². The summed E-state index contributed by atoms with van der Waals surface area (Å²) in [4.78, 5) is 23.2. The van der Waals surface area contributed by atoms with E-state index in [0.717, 1.165) is 15.7 Å². The van der Waals surface area contributed by atoms with Crippen LogP contribution in [0.15, 0.2) is 34.8 Å². The molecular weight excluding hydrogens is 336 g/mol. The summed E-state index contributed by atoms with van der Waals surface area (Å²) in [5.41, 5.74) is 1.75. The van der Waals surface area contributed by atoms with Crippen LogP contribution in [0.25, 0.3) is 0 Å². The number of rotatable bonds is 7. The van der Waals surface area contributed by atoms with Crippen molar-refractivity contribution >= 4 is 33.4 Å². The predicted octanol–water partition coefficient (Wildman–Crippen LogP) is 2.40. The maximum absolute atomic E-state index is 11.8. The number of amides is 2. The fraction of sp³-hybridized carbons (Fsp3) is 0.333. The molecule has 0 spiro atoms. The molecule has 0 saturated heterocycles. The van der Waals surface area contributed by atoms with Crippen LogP contribution >= 0.6 is 15.9 Å². The first-order chi connectivity index (χ1) is 10.0. The van der Waals surface area contributed by atoms with E-state index < -0.39 is 0 Å². The molecule has 0 radical (unpaired) electrons. The number of ether oxygens (including phenoxy) is 1. The van der Waals surface area contributed by atoms with E-state index in [9.17, 15) is 9.59 Å². The van der Waals surface area contributed by atoms with Gasteiger partial charge in [-0.05, 0) is 24.6 Å². The van der Waals surface area contributed by atoms with Gasteiger partial charge in [0, 0.05) is 36.3 Å². The molecule has 0 heterocycles. The van der Waals surface area contributed by atoms with Gasteiger partial charge in [0.2, 0.25) is 11.8 Å². The highest BCUT2D eigenvalue weighted by Crippen LogP contribution is 2.20. The first-order valence-electron chi connectivity index (χ1n) is 6.52. The lowest BCUT2D eigenvalue weighted by molar-refractivity contribution is -0.117. The second-order valence-corrected chi connectivity index (χ2v) is 5.32. The normalized spacial score (nSPS) is 10.6. The smallest absolute Gasteiger partial charge is 0.243 e. The monoisotopic (exact) mass is 354 g/mol. The van der Waals surface area contributed by atoms with Crippen LogP contribution in [0.5, 0.6) is 0 Å². The summed E-state index contributed by atoms with van der Waals surface area (Å²) in [5.74, 6) is -0.379. The van der Waals surface area contributed by atoms with Crippen LogP contribution in [-0.2, 0) is 14.3 Å². The van der Waals surface area contributed by atoms with Crippen molar-refractivity contribution in [2.75, 3.05) is 25.6 Å². The van der Waals surface area contributed by atoms with Crippen LogP contribution in [0.3, 0.4) is 0 Å². The Bertz CT molecular complexity index is 530. The number of hydrogen-bond donors (Lipinski definition) is 2. The number of halogens is 1. The predicted molar refractivity (Wildman–Crippen MR) is 86.2 cm³/mol. The molecule has 0 aliphatic heterocycles. The molecule has 21 heavy (non-hydrogen) atoms. The van der Waals surface area contributed by atoms with Crippen LogP contribution in [0, 0.1) is 6.92 Å². The Morgan fingerprint density at radius 3 is 2.86 bits per heavy atom. The number of benzene rings is 1. The third-order valence-corrected chi connectivity index (χ3v) is 3.15. The average Bonchev–Trinajstić information content (AvgIpc) is 2.43. The van der Waals surface area contributed by atoms with Crippen molar-refractivity contribution in [3.63, 3.8) is 0 Å². The molecule has 0 saturated carbocycles. The van der Waals surface area contributed by atoms with E-state index in [0.29, 0.717) is 6.61 Å². The molecule has 0 aliphatic carbocycles. The fourth-order valence-corrected chi connectivity index (χ4v) is 1.91. The van der Waals surface area contributed by atoms with Gasteiger partial charge in [0.05, 0.1) is 6.61 Å². The van der Waals surface area contributed by atoms with Gasteiger partial charge in [-0.15, -0.1) is 0 Å². The van der Waals surface area contributed by atoms with Gasteiger partial charge in [-0.3, -0.25) is 9.59 Å². The van der Waals surface area contributed by atoms with Gasteiger partial charge in [-0.25, -0.2) is 0 Å². The Labute approximate surface area is 132 Å². The zero-order valence-corrected chi connectivity index (χ0v) is 13.7. The summed E-state index contributed by atoms with van der Waals surface area (Å²) >= 11 is 3.36. The molecule has 1 rings (SSSR count). The zero-order chi connectivity index (χ0) is 15.7. The largest absolute Gasteiger partial charge is 0.381 e. The molecular formula is C15H19BrN2O3. The molecule has 0 fully saturated rings. The fourth-order valence-electron chi connectivity index (χ4n) is 1.55. The molecule has 0 unspecified atom stereocenters. The minimum atomic E-state index is -0.238. The van der Waals surface area contributed by atoms with Crippen LogP contribution in [0.2, 0.25) is 0 Å². The number of carbonyl (C=O) groups is 2. The number of aryl methyl sites for hydroxylation is 1. The van der Waals surface area contributed by atoms with Crippen LogP contribution < -0.4 is 10.6 Å². The van der Waals surface area contributed by atoms with E-state index in [2.05, 4.69) is 26.6 Å². The standard InChI is InChI=1S/C15H19BrN2O3/c1-11-5-6-12(16)10-13(11)18-15(20)7-8-17-14(19)4-3-9-21-2/h3-6,10H,7-9H2,1-2H3,(H,17,19)(H,18,20). The summed E-state index contributed by atoms with van der Waals surface area (Å²) in [6.45, 7) is 2.59. The molecule has 5 nitrogen and oxygen atoms in total. The Morgan fingerprint density at radius 1 is 1.38 bits per heavy atom. The summed E-state index contributed by atoms with van der Waals surface area (Å²) in [7, 11) is 1.55. The second kappa shape index (κ2) is 9.31. The summed E-state index contributed by atoms with van der Waals surface area (Å²) in [6.07, 6.45) is 3.22. The Hall–Kier alpha value is -1.66. The quantitative estimate of drug-likeness (QED) is 0.738. The lowest BCUT2D eigenvalue weighted by Crippen LogP contribution is -2.26. The minimum Gasteiger partial charge on any atom is -0.381 e. The molecule has 1 aromatic carbocycles. The van der Waals surface area contributed by atoms with Crippen LogP contribution in [0.1, 0.15) is 12.0 Å². The number of methoxy groups -OCH3 is 1. The molecule has 6 heteroatoms. The van der Waals surface area contributed by atoms with Crippen molar-refractivity contribution in [2.24, 2.45) is 0 Å². The SMILES string of the molecule is COCC=CC(=O)NCCC(=O)Nc1cc(Br)ccc1C. The third-order valence-electron chi connectivity index (χ3n) is 2.66. The average molecular weight is 355 g/mol. The van der Waals surface area contributed by atoms with Gasteiger partial charge < -0.3 is 15.4 Å². The Kier molecular flexibility index (Phi) is 7.71. The van der Waals surface area contributed by atoms with E-state index >= 15 is 0 Å². The van der Waals surface area contributed by atoms with Gasteiger partial charge in [0.25, 0.3) is 0 Å². The van der Waals surface area contributed by atoms with Crippen LogP contribution in [0.4, 0.5) is 5.69 Å². The first kappa shape index (κ1) is 17.4. The topological polar surface area (TPSA) is 67.4 Å². The van der Waals surface area contributed by atoms with Crippen molar-refractivity contribution < 1.29 is 14.3 Å². The molecule has 0 aliphatic rings. The zero-order valence-electron chi connectivity index (χ0n) is 12.1. The highest BCUT2D eigenvalue weighted by molar-refractivity contribution is 9.10. The highest BCUT2D eigenvalue weighted by atomic mass is 79.9. The Balaban J connectivity index is 2.34. The maximum atomic E-state index is 11.8. The summed E-state index contributed by atoms with van der Waals surface area (Å²) < 4.78 is 5.69. The molecule has 0 bridgehead atoms. The van der Waals surface area contributed by atoms with E-state index in [-0.39, 0.29) is 24.8 Å². The minimum absolute atomic E-state index is 0.141.